The molecule has 0 radical (unpaired) electrons. The average Bonchev–Trinajstić information content (AvgIpc) is 2.97. The van der Waals surface area contributed by atoms with Gasteiger partial charge in [-0.25, -0.2) is 19.2 Å². The van der Waals surface area contributed by atoms with E-state index in [1.807, 2.05) is 19.9 Å². The van der Waals surface area contributed by atoms with Crippen LogP contribution in [0.1, 0.15) is 17.8 Å². The summed E-state index contributed by atoms with van der Waals surface area (Å²) in [7, 11) is 0. The SMILES string of the molecule is Cc1cc(C)nc(N2CC[C@@H](NC(=O)Nc3ccc(F)cc3)C2)n1. The molecule has 6 nitrogen and oxygen atoms in total. The number of hydrogen-bond donors (Lipinski definition) is 2. The van der Waals surface area contributed by atoms with E-state index in [2.05, 4.69) is 25.5 Å². The first-order valence-corrected chi connectivity index (χ1v) is 7.90. The second-order valence-corrected chi connectivity index (χ2v) is 5.99. The summed E-state index contributed by atoms with van der Waals surface area (Å²) in [6.07, 6.45) is 0.827. The van der Waals surface area contributed by atoms with Crippen molar-refractivity contribution in [1.29, 1.82) is 0 Å². The minimum atomic E-state index is -0.333. The number of carbonyl (C=O) groups excluding carboxylic acids is 1. The monoisotopic (exact) mass is 329 g/mol. The predicted octanol–water partition coefficient (Wildman–Crippen LogP) is 2.63. The molecule has 2 aromatic rings. The van der Waals surface area contributed by atoms with Crippen LogP contribution in [-0.4, -0.2) is 35.1 Å². The summed E-state index contributed by atoms with van der Waals surface area (Å²) in [5.41, 5.74) is 2.42. The fraction of sp³-hybridized carbons (Fsp3) is 0.353. The lowest BCUT2D eigenvalue weighted by atomic mass is 10.3. The highest BCUT2D eigenvalue weighted by molar-refractivity contribution is 5.89. The van der Waals surface area contributed by atoms with Gasteiger partial charge in [0.15, 0.2) is 0 Å². The summed E-state index contributed by atoms with van der Waals surface area (Å²) < 4.78 is 12.9. The number of hydrogen-bond acceptors (Lipinski definition) is 4. The zero-order chi connectivity index (χ0) is 17.1. The topological polar surface area (TPSA) is 70.2 Å². The van der Waals surface area contributed by atoms with E-state index in [-0.39, 0.29) is 17.9 Å². The number of urea groups is 1. The lowest BCUT2D eigenvalue weighted by Gasteiger charge is -2.18. The molecule has 3 rings (SSSR count). The van der Waals surface area contributed by atoms with Crippen LogP contribution in [0.15, 0.2) is 30.3 Å². The highest BCUT2D eigenvalue weighted by Crippen LogP contribution is 2.17. The summed E-state index contributed by atoms with van der Waals surface area (Å²) in [5.74, 6) is 0.372. The van der Waals surface area contributed by atoms with Crippen LogP contribution in [0, 0.1) is 19.7 Å². The number of aryl methyl sites for hydroxylation is 2. The summed E-state index contributed by atoms with van der Waals surface area (Å²) in [6, 6.07) is 7.34. The van der Waals surface area contributed by atoms with Gasteiger partial charge in [0.05, 0.1) is 0 Å². The van der Waals surface area contributed by atoms with E-state index in [1.165, 1.54) is 24.3 Å². The quantitative estimate of drug-likeness (QED) is 0.908. The Morgan fingerprint density at radius 3 is 2.54 bits per heavy atom. The van der Waals surface area contributed by atoms with Crippen molar-refractivity contribution in [3.63, 3.8) is 0 Å². The number of halogens is 1. The Morgan fingerprint density at radius 2 is 1.88 bits per heavy atom. The second-order valence-electron chi connectivity index (χ2n) is 5.99. The van der Waals surface area contributed by atoms with Crippen LogP contribution < -0.4 is 15.5 Å². The van der Waals surface area contributed by atoms with Crippen LogP contribution in [0.2, 0.25) is 0 Å². The van der Waals surface area contributed by atoms with Crippen LogP contribution >= 0.6 is 0 Å². The lowest BCUT2D eigenvalue weighted by molar-refractivity contribution is 0.249. The van der Waals surface area contributed by atoms with Gasteiger partial charge in [0.1, 0.15) is 5.82 Å². The van der Waals surface area contributed by atoms with Crippen LogP contribution in [-0.2, 0) is 0 Å². The normalized spacial score (nSPS) is 17.0. The third-order valence-electron chi connectivity index (χ3n) is 3.88. The summed E-state index contributed by atoms with van der Waals surface area (Å²) in [4.78, 5) is 23.0. The molecule has 1 aliphatic heterocycles. The van der Waals surface area contributed by atoms with E-state index >= 15 is 0 Å². The van der Waals surface area contributed by atoms with Gasteiger partial charge in [-0.15, -0.1) is 0 Å². The Labute approximate surface area is 140 Å². The molecule has 2 heterocycles. The molecule has 0 aliphatic carbocycles. The van der Waals surface area contributed by atoms with Crippen molar-refractivity contribution >= 4 is 17.7 Å². The van der Waals surface area contributed by atoms with Gasteiger partial charge < -0.3 is 15.5 Å². The van der Waals surface area contributed by atoms with E-state index in [0.717, 1.165) is 24.4 Å². The van der Waals surface area contributed by atoms with Crippen molar-refractivity contribution in [2.75, 3.05) is 23.3 Å². The molecule has 1 saturated heterocycles. The third kappa shape index (κ3) is 3.98. The Balaban J connectivity index is 1.55. The van der Waals surface area contributed by atoms with E-state index in [9.17, 15) is 9.18 Å². The second kappa shape index (κ2) is 6.82. The molecule has 1 aliphatic rings. The molecule has 2 N–H and O–H groups in total. The summed E-state index contributed by atoms with van der Waals surface area (Å²) >= 11 is 0. The van der Waals surface area contributed by atoms with E-state index < -0.39 is 0 Å². The zero-order valence-electron chi connectivity index (χ0n) is 13.7. The van der Waals surface area contributed by atoms with Crippen molar-refractivity contribution in [1.82, 2.24) is 15.3 Å². The number of nitrogens with one attached hydrogen (secondary N) is 2. The molecule has 7 heteroatoms. The van der Waals surface area contributed by atoms with Gasteiger partial charge in [-0.3, -0.25) is 0 Å². The van der Waals surface area contributed by atoms with Crippen molar-refractivity contribution in [3.8, 4) is 0 Å². The highest BCUT2D eigenvalue weighted by Gasteiger charge is 2.25. The Hall–Kier alpha value is -2.70. The van der Waals surface area contributed by atoms with Gasteiger partial charge >= 0.3 is 6.03 Å². The minimum Gasteiger partial charge on any atom is -0.339 e. The van der Waals surface area contributed by atoms with Gasteiger partial charge in [-0.05, 0) is 50.6 Å². The minimum absolute atomic E-state index is 0.0230. The van der Waals surface area contributed by atoms with Gasteiger partial charge in [-0.1, -0.05) is 0 Å². The summed E-state index contributed by atoms with van der Waals surface area (Å²) in [6.45, 7) is 5.35. The number of nitrogens with zero attached hydrogens (tertiary/aromatic N) is 3. The van der Waals surface area contributed by atoms with Crippen LogP contribution in [0.4, 0.5) is 20.8 Å². The van der Waals surface area contributed by atoms with Gasteiger partial charge in [-0.2, -0.15) is 0 Å². The number of amides is 2. The van der Waals surface area contributed by atoms with Crippen molar-refractivity contribution in [2.45, 2.75) is 26.3 Å². The van der Waals surface area contributed by atoms with Gasteiger partial charge in [0, 0.05) is 36.2 Å². The van der Waals surface area contributed by atoms with E-state index in [1.54, 1.807) is 0 Å². The molecule has 2 amide bonds. The van der Waals surface area contributed by atoms with Crippen LogP contribution in [0.25, 0.3) is 0 Å². The molecule has 24 heavy (non-hydrogen) atoms. The first-order valence-electron chi connectivity index (χ1n) is 7.90. The maximum Gasteiger partial charge on any atom is 0.319 e. The lowest BCUT2D eigenvalue weighted by Crippen LogP contribution is -2.40. The highest BCUT2D eigenvalue weighted by atomic mass is 19.1. The van der Waals surface area contributed by atoms with E-state index in [4.69, 9.17) is 0 Å². The van der Waals surface area contributed by atoms with Gasteiger partial charge in [0.25, 0.3) is 0 Å². The number of rotatable bonds is 3. The Kier molecular flexibility index (Phi) is 4.59. The molecule has 0 spiro atoms. The largest absolute Gasteiger partial charge is 0.339 e. The molecular weight excluding hydrogens is 309 g/mol. The van der Waals surface area contributed by atoms with E-state index in [0.29, 0.717) is 18.2 Å². The predicted molar refractivity (Wildman–Crippen MR) is 90.7 cm³/mol. The first-order chi connectivity index (χ1) is 11.5. The molecule has 1 aromatic carbocycles. The third-order valence-corrected chi connectivity index (χ3v) is 3.88. The molecule has 1 fully saturated rings. The maximum atomic E-state index is 12.9. The van der Waals surface area contributed by atoms with Gasteiger partial charge in [0.2, 0.25) is 5.95 Å². The first kappa shape index (κ1) is 16.2. The molecule has 0 unspecified atom stereocenters. The van der Waals surface area contributed by atoms with Crippen LogP contribution in [0.3, 0.4) is 0 Å². The molecule has 126 valence electrons. The molecular formula is C17H20FN5O. The number of carbonyl (C=O) groups is 1. The average molecular weight is 329 g/mol. The smallest absolute Gasteiger partial charge is 0.319 e. The standard InChI is InChI=1S/C17H20FN5O/c1-11-9-12(2)20-16(19-11)23-8-7-15(10-23)22-17(24)21-14-5-3-13(18)4-6-14/h3-6,9,15H,7-8,10H2,1-2H3,(H2,21,22,24)/t15-/m1/s1. The Bertz CT molecular complexity index is 714. The molecule has 1 atom stereocenters. The molecule has 1 aromatic heterocycles. The number of aromatic nitrogens is 2. The number of benzene rings is 1. The molecule has 0 saturated carbocycles. The fourth-order valence-electron chi connectivity index (χ4n) is 2.79. The maximum absolute atomic E-state index is 12.9. The van der Waals surface area contributed by atoms with Crippen LogP contribution in [0.5, 0.6) is 0 Å². The summed E-state index contributed by atoms with van der Waals surface area (Å²) in [5, 5.41) is 5.63. The fourth-order valence-corrected chi connectivity index (χ4v) is 2.79. The number of anilines is 2. The van der Waals surface area contributed by atoms with Crippen molar-refractivity contribution in [3.05, 3.63) is 47.5 Å². The Morgan fingerprint density at radius 1 is 1.21 bits per heavy atom. The van der Waals surface area contributed by atoms with Crippen molar-refractivity contribution < 1.29 is 9.18 Å². The zero-order valence-corrected chi connectivity index (χ0v) is 13.7. The van der Waals surface area contributed by atoms with Crippen molar-refractivity contribution in [2.24, 2.45) is 0 Å². The molecule has 0 bridgehead atoms.